The van der Waals surface area contributed by atoms with E-state index in [4.69, 9.17) is 11.6 Å². The lowest BCUT2D eigenvalue weighted by Gasteiger charge is -2.36. The highest BCUT2D eigenvalue weighted by atomic mass is 35.5. The van der Waals surface area contributed by atoms with Crippen molar-refractivity contribution in [3.63, 3.8) is 0 Å². The molecular weight excluding hydrogens is 376 g/mol. The second kappa shape index (κ2) is 10.7. The van der Waals surface area contributed by atoms with Crippen LogP contribution in [0.15, 0.2) is 24.3 Å². The van der Waals surface area contributed by atoms with E-state index in [9.17, 15) is 9.59 Å². The fraction of sp³-hybridized carbons (Fsp3) is 0.619. The number of anilines is 1. The maximum Gasteiger partial charge on any atom is 0.309 e. The number of nitrogens with zero attached hydrogens (tertiary/aromatic N) is 2. The maximum atomic E-state index is 12.0. The van der Waals surface area contributed by atoms with Crippen LogP contribution in [0.3, 0.4) is 0 Å². The Balaban J connectivity index is 1.28. The van der Waals surface area contributed by atoms with Crippen LogP contribution in [0.1, 0.15) is 38.5 Å². The Hall–Kier alpha value is -1.79. The molecule has 1 aliphatic carbocycles. The molecule has 1 aromatic carbocycles. The maximum absolute atomic E-state index is 12.0. The summed E-state index contributed by atoms with van der Waals surface area (Å²) in [6.07, 6.45) is 6.33. The number of carbonyl (C=O) groups is 2. The minimum Gasteiger partial charge on any atom is -0.369 e. The molecule has 6 nitrogen and oxygen atoms in total. The zero-order valence-electron chi connectivity index (χ0n) is 16.5. The van der Waals surface area contributed by atoms with Gasteiger partial charge in [0.05, 0.1) is 0 Å². The molecule has 0 atom stereocenters. The Labute approximate surface area is 172 Å². The van der Waals surface area contributed by atoms with Crippen molar-refractivity contribution in [2.45, 2.75) is 44.6 Å². The summed E-state index contributed by atoms with van der Waals surface area (Å²) in [7, 11) is 0. The second-order valence-electron chi connectivity index (χ2n) is 7.72. The Morgan fingerprint density at radius 1 is 0.964 bits per heavy atom. The van der Waals surface area contributed by atoms with Crippen molar-refractivity contribution in [3.05, 3.63) is 29.3 Å². The second-order valence-corrected chi connectivity index (χ2v) is 8.16. The van der Waals surface area contributed by atoms with E-state index in [1.807, 2.05) is 12.1 Å². The zero-order valence-corrected chi connectivity index (χ0v) is 17.2. The summed E-state index contributed by atoms with van der Waals surface area (Å²) in [5.41, 5.74) is 1.21. The molecule has 2 fully saturated rings. The molecule has 1 aromatic rings. The van der Waals surface area contributed by atoms with E-state index in [1.165, 1.54) is 12.1 Å². The number of hydrogen-bond donors (Lipinski definition) is 2. The van der Waals surface area contributed by atoms with Gasteiger partial charge in [0.1, 0.15) is 0 Å². The monoisotopic (exact) mass is 406 g/mol. The summed E-state index contributed by atoms with van der Waals surface area (Å²) in [5.74, 6) is -0.985. The molecule has 154 valence electrons. The summed E-state index contributed by atoms with van der Waals surface area (Å²) < 4.78 is 0. The van der Waals surface area contributed by atoms with Gasteiger partial charge in [-0.25, -0.2) is 0 Å². The van der Waals surface area contributed by atoms with Crippen molar-refractivity contribution in [2.75, 3.05) is 44.2 Å². The van der Waals surface area contributed by atoms with Crippen LogP contribution in [0.2, 0.25) is 5.02 Å². The van der Waals surface area contributed by atoms with Gasteiger partial charge in [0.2, 0.25) is 0 Å². The van der Waals surface area contributed by atoms with Crippen molar-refractivity contribution in [2.24, 2.45) is 0 Å². The van der Waals surface area contributed by atoms with Crippen LogP contribution < -0.4 is 15.5 Å². The molecule has 1 heterocycles. The molecule has 0 bridgehead atoms. The van der Waals surface area contributed by atoms with Crippen molar-refractivity contribution >= 4 is 29.1 Å². The van der Waals surface area contributed by atoms with Gasteiger partial charge in [-0.2, -0.15) is 0 Å². The number of benzene rings is 1. The number of hydrogen-bond acceptors (Lipinski definition) is 4. The topological polar surface area (TPSA) is 64.7 Å². The first kappa shape index (κ1) is 20.9. The van der Waals surface area contributed by atoms with E-state index in [0.29, 0.717) is 6.54 Å². The first-order valence-corrected chi connectivity index (χ1v) is 10.8. The summed E-state index contributed by atoms with van der Waals surface area (Å²) in [6, 6.07) is 8.15. The average Bonchev–Trinajstić information content (AvgIpc) is 2.73. The van der Waals surface area contributed by atoms with Crippen molar-refractivity contribution in [1.29, 1.82) is 0 Å². The third-order valence-corrected chi connectivity index (χ3v) is 5.90. The fourth-order valence-corrected chi connectivity index (χ4v) is 4.09. The van der Waals surface area contributed by atoms with Crippen molar-refractivity contribution in [3.8, 4) is 0 Å². The SMILES string of the molecule is O=C(NCCCN1CCN(c2ccc(Cl)cc2)CC1)C(=O)NC1CCCCC1. The summed E-state index contributed by atoms with van der Waals surface area (Å²) in [5, 5.41) is 6.37. The van der Waals surface area contributed by atoms with Gasteiger partial charge in [0.15, 0.2) is 0 Å². The van der Waals surface area contributed by atoms with Crippen molar-refractivity contribution < 1.29 is 9.59 Å². The zero-order chi connectivity index (χ0) is 19.8. The van der Waals surface area contributed by atoms with Gasteiger partial charge in [-0.3, -0.25) is 14.5 Å². The highest BCUT2D eigenvalue weighted by molar-refractivity contribution is 6.35. The lowest BCUT2D eigenvalue weighted by atomic mass is 9.95. The molecular formula is C21H31ClN4O2. The Kier molecular flexibility index (Phi) is 7.98. The predicted molar refractivity (Wildman–Crippen MR) is 113 cm³/mol. The van der Waals surface area contributed by atoms with E-state index < -0.39 is 11.8 Å². The van der Waals surface area contributed by atoms with Crippen LogP contribution in [0.25, 0.3) is 0 Å². The molecule has 0 spiro atoms. The molecule has 2 aliphatic rings. The number of amides is 2. The quantitative estimate of drug-likeness (QED) is 0.562. The molecule has 1 aliphatic heterocycles. The molecule has 0 aromatic heterocycles. The number of rotatable bonds is 6. The molecule has 3 rings (SSSR count). The van der Waals surface area contributed by atoms with Gasteiger partial charge in [-0.15, -0.1) is 0 Å². The number of halogens is 1. The van der Waals surface area contributed by atoms with E-state index in [2.05, 4.69) is 32.6 Å². The number of piperazine rings is 1. The Morgan fingerprint density at radius 3 is 2.32 bits per heavy atom. The summed E-state index contributed by atoms with van der Waals surface area (Å²) in [4.78, 5) is 28.7. The smallest absolute Gasteiger partial charge is 0.309 e. The standard InChI is InChI=1S/C21H31ClN4O2/c22-17-7-9-19(10-8-17)26-15-13-25(14-16-26)12-4-11-23-20(27)21(28)24-18-5-2-1-3-6-18/h7-10,18H,1-6,11-16H2,(H,23,27)(H,24,28). The lowest BCUT2D eigenvalue weighted by Crippen LogP contribution is -2.47. The summed E-state index contributed by atoms with van der Waals surface area (Å²) >= 11 is 5.95. The molecule has 1 saturated heterocycles. The highest BCUT2D eigenvalue weighted by Gasteiger charge is 2.20. The van der Waals surface area contributed by atoms with Crippen molar-refractivity contribution in [1.82, 2.24) is 15.5 Å². The largest absolute Gasteiger partial charge is 0.369 e. The van der Waals surface area contributed by atoms with Gasteiger partial charge in [0.25, 0.3) is 0 Å². The lowest BCUT2D eigenvalue weighted by molar-refractivity contribution is -0.139. The minimum absolute atomic E-state index is 0.170. The summed E-state index contributed by atoms with van der Waals surface area (Å²) in [6.45, 7) is 5.43. The van der Waals surface area contributed by atoms with Gasteiger partial charge in [-0.1, -0.05) is 30.9 Å². The van der Waals surface area contributed by atoms with Gasteiger partial charge < -0.3 is 15.5 Å². The van der Waals surface area contributed by atoms with Gasteiger partial charge in [0, 0.05) is 49.5 Å². The first-order chi connectivity index (χ1) is 13.6. The first-order valence-electron chi connectivity index (χ1n) is 10.4. The van der Waals surface area contributed by atoms with Crippen LogP contribution in [0.4, 0.5) is 5.69 Å². The molecule has 2 amide bonds. The minimum atomic E-state index is -0.502. The van der Waals surface area contributed by atoms with E-state index in [0.717, 1.165) is 69.9 Å². The number of nitrogens with one attached hydrogen (secondary N) is 2. The third kappa shape index (κ3) is 6.38. The van der Waals surface area contributed by atoms with E-state index in [-0.39, 0.29) is 6.04 Å². The van der Waals surface area contributed by atoms with Crippen LogP contribution in [-0.2, 0) is 9.59 Å². The molecule has 2 N–H and O–H groups in total. The van der Waals surface area contributed by atoms with Crippen LogP contribution in [0.5, 0.6) is 0 Å². The molecule has 28 heavy (non-hydrogen) atoms. The van der Waals surface area contributed by atoms with Gasteiger partial charge in [-0.05, 0) is 50.1 Å². The molecule has 1 saturated carbocycles. The Morgan fingerprint density at radius 2 is 1.64 bits per heavy atom. The van der Waals surface area contributed by atoms with E-state index in [1.54, 1.807) is 0 Å². The average molecular weight is 407 g/mol. The molecule has 7 heteroatoms. The predicted octanol–water partition coefficient (Wildman–Crippen LogP) is 2.42. The highest BCUT2D eigenvalue weighted by Crippen LogP contribution is 2.19. The molecule has 0 unspecified atom stereocenters. The number of carbonyl (C=O) groups excluding carboxylic acids is 2. The van der Waals surface area contributed by atoms with Crippen LogP contribution >= 0.6 is 11.6 Å². The molecule has 0 radical (unpaired) electrons. The van der Waals surface area contributed by atoms with Crippen LogP contribution in [-0.4, -0.2) is 62.0 Å². The van der Waals surface area contributed by atoms with E-state index >= 15 is 0 Å². The fourth-order valence-electron chi connectivity index (χ4n) is 3.96. The Bertz CT molecular complexity index is 638. The normalized spacial score (nSPS) is 18.7. The van der Waals surface area contributed by atoms with Crippen LogP contribution in [0, 0.1) is 0 Å². The van der Waals surface area contributed by atoms with Gasteiger partial charge >= 0.3 is 11.8 Å². The third-order valence-electron chi connectivity index (χ3n) is 5.65.